The van der Waals surface area contributed by atoms with Crippen molar-refractivity contribution in [3.05, 3.63) is 53.1 Å². The van der Waals surface area contributed by atoms with Crippen LogP contribution >= 0.6 is 11.6 Å². The highest BCUT2D eigenvalue weighted by Gasteiger charge is 2.02. The lowest BCUT2D eigenvalue weighted by Crippen LogP contribution is -2.25. The third-order valence-electron chi connectivity index (χ3n) is 2.91. The first kappa shape index (κ1) is 16.6. The Balaban J connectivity index is 1.86. The third kappa shape index (κ3) is 5.19. The van der Waals surface area contributed by atoms with Crippen molar-refractivity contribution in [2.45, 2.75) is 0 Å². The summed E-state index contributed by atoms with van der Waals surface area (Å²) in [4.78, 5) is 11.7. The van der Waals surface area contributed by atoms with Crippen molar-refractivity contribution in [3.8, 4) is 11.5 Å². The Hall–Kier alpha value is -2.73. The van der Waals surface area contributed by atoms with E-state index >= 15 is 0 Å². The van der Waals surface area contributed by atoms with E-state index in [9.17, 15) is 9.90 Å². The highest BCUT2D eigenvalue weighted by atomic mass is 35.5. The maximum atomic E-state index is 11.7. The van der Waals surface area contributed by atoms with E-state index in [0.717, 1.165) is 5.69 Å². The number of phenolic OH excluding ortho intramolecular Hbond substituents is 1. The van der Waals surface area contributed by atoms with Crippen LogP contribution < -0.4 is 15.5 Å². The molecular formula is C16H16ClN3O3. The third-order valence-corrected chi connectivity index (χ3v) is 3.14. The van der Waals surface area contributed by atoms with E-state index in [1.54, 1.807) is 36.4 Å². The van der Waals surface area contributed by atoms with Crippen molar-refractivity contribution in [3.63, 3.8) is 0 Å². The molecule has 2 rings (SSSR count). The molecule has 0 bridgehead atoms. The molecule has 2 aromatic rings. The summed E-state index contributed by atoms with van der Waals surface area (Å²) in [6.45, 7) is 0.0434. The van der Waals surface area contributed by atoms with Crippen LogP contribution in [0, 0.1) is 0 Å². The summed E-state index contributed by atoms with van der Waals surface area (Å²) in [6.07, 6.45) is 1.34. The standard InChI is InChI=1S/C16H16ClN3O3/c1-23-14-5-6-15(21)11(7-14)9-19-20-16(22)10-18-13-4-2-3-12(17)8-13/h2-9,18,21H,10H2,1H3,(H,20,22). The van der Waals surface area contributed by atoms with Gasteiger partial charge in [-0.1, -0.05) is 17.7 Å². The smallest absolute Gasteiger partial charge is 0.259 e. The van der Waals surface area contributed by atoms with Crippen molar-refractivity contribution < 1.29 is 14.6 Å². The zero-order valence-corrected chi connectivity index (χ0v) is 13.2. The zero-order chi connectivity index (χ0) is 16.7. The number of nitrogens with zero attached hydrogens (tertiary/aromatic N) is 1. The number of rotatable bonds is 6. The number of benzene rings is 2. The summed E-state index contributed by atoms with van der Waals surface area (Å²) >= 11 is 5.85. The van der Waals surface area contributed by atoms with Gasteiger partial charge in [-0.3, -0.25) is 4.79 Å². The molecule has 0 fully saturated rings. The Labute approximate surface area is 138 Å². The second-order valence-corrected chi connectivity index (χ2v) is 5.02. The Morgan fingerprint density at radius 1 is 1.35 bits per heavy atom. The van der Waals surface area contributed by atoms with Crippen LogP contribution in [0.4, 0.5) is 5.69 Å². The van der Waals surface area contributed by atoms with E-state index in [1.165, 1.54) is 19.4 Å². The van der Waals surface area contributed by atoms with E-state index in [4.69, 9.17) is 16.3 Å². The van der Waals surface area contributed by atoms with Crippen LogP contribution in [0.25, 0.3) is 0 Å². The lowest BCUT2D eigenvalue weighted by molar-refractivity contribution is -0.119. The van der Waals surface area contributed by atoms with Gasteiger partial charge < -0.3 is 15.2 Å². The van der Waals surface area contributed by atoms with E-state index < -0.39 is 0 Å². The van der Waals surface area contributed by atoms with Gasteiger partial charge in [-0.15, -0.1) is 0 Å². The Bertz CT molecular complexity index is 719. The maximum absolute atomic E-state index is 11.7. The molecule has 0 saturated carbocycles. The second-order valence-electron chi connectivity index (χ2n) is 4.58. The minimum absolute atomic E-state index is 0.0425. The molecule has 6 nitrogen and oxygen atoms in total. The molecule has 3 N–H and O–H groups in total. The number of carbonyl (C=O) groups excluding carboxylic acids is 1. The number of amides is 1. The average molecular weight is 334 g/mol. The largest absolute Gasteiger partial charge is 0.507 e. The van der Waals surface area contributed by atoms with Crippen LogP contribution in [-0.4, -0.2) is 30.9 Å². The maximum Gasteiger partial charge on any atom is 0.259 e. The van der Waals surface area contributed by atoms with Gasteiger partial charge in [0.1, 0.15) is 11.5 Å². The number of ether oxygens (including phenoxy) is 1. The molecule has 120 valence electrons. The van der Waals surface area contributed by atoms with Crippen molar-refractivity contribution in [2.75, 3.05) is 19.0 Å². The highest BCUT2D eigenvalue weighted by molar-refractivity contribution is 6.30. The van der Waals surface area contributed by atoms with E-state index in [0.29, 0.717) is 16.3 Å². The molecule has 0 spiro atoms. The van der Waals surface area contributed by atoms with Gasteiger partial charge in [0.2, 0.25) is 0 Å². The first-order valence-corrected chi connectivity index (χ1v) is 7.14. The van der Waals surface area contributed by atoms with Gasteiger partial charge in [0.25, 0.3) is 5.91 Å². The number of aromatic hydroxyl groups is 1. The fraction of sp³-hybridized carbons (Fsp3) is 0.125. The molecule has 1 amide bonds. The Morgan fingerprint density at radius 3 is 2.91 bits per heavy atom. The lowest BCUT2D eigenvalue weighted by atomic mass is 10.2. The van der Waals surface area contributed by atoms with Crippen molar-refractivity contribution in [1.82, 2.24) is 5.43 Å². The van der Waals surface area contributed by atoms with Gasteiger partial charge in [0.15, 0.2) is 0 Å². The zero-order valence-electron chi connectivity index (χ0n) is 12.4. The molecule has 0 aliphatic rings. The molecule has 0 radical (unpaired) electrons. The molecule has 0 aliphatic heterocycles. The molecular weight excluding hydrogens is 318 g/mol. The first-order chi connectivity index (χ1) is 11.1. The molecule has 0 aromatic heterocycles. The minimum Gasteiger partial charge on any atom is -0.507 e. The quantitative estimate of drug-likeness (QED) is 0.560. The number of halogens is 1. The topological polar surface area (TPSA) is 83.0 Å². The molecule has 23 heavy (non-hydrogen) atoms. The van der Waals surface area contributed by atoms with E-state index in [1.807, 2.05) is 0 Å². The van der Waals surface area contributed by atoms with Gasteiger partial charge in [0.05, 0.1) is 19.9 Å². The van der Waals surface area contributed by atoms with Gasteiger partial charge in [-0.25, -0.2) is 5.43 Å². The molecule has 2 aromatic carbocycles. The molecule has 0 aliphatic carbocycles. The van der Waals surface area contributed by atoms with Crippen molar-refractivity contribution >= 4 is 29.4 Å². The summed E-state index contributed by atoms with van der Waals surface area (Å²) in [6, 6.07) is 11.8. The number of methoxy groups -OCH3 is 1. The number of nitrogens with one attached hydrogen (secondary N) is 2. The van der Waals surface area contributed by atoms with Crippen molar-refractivity contribution in [2.24, 2.45) is 5.10 Å². The van der Waals surface area contributed by atoms with Crippen LogP contribution in [0.1, 0.15) is 5.56 Å². The van der Waals surface area contributed by atoms with Gasteiger partial charge >= 0.3 is 0 Å². The minimum atomic E-state index is -0.330. The van der Waals surface area contributed by atoms with Gasteiger partial charge in [0, 0.05) is 16.3 Å². The van der Waals surface area contributed by atoms with E-state index in [-0.39, 0.29) is 18.2 Å². The van der Waals surface area contributed by atoms with E-state index in [2.05, 4.69) is 15.8 Å². The van der Waals surface area contributed by atoms with Crippen LogP contribution in [0.5, 0.6) is 11.5 Å². The molecule has 0 unspecified atom stereocenters. The molecule has 0 atom stereocenters. The van der Waals surface area contributed by atoms with Gasteiger partial charge in [-0.2, -0.15) is 5.10 Å². The number of hydrazone groups is 1. The number of hydrogen-bond acceptors (Lipinski definition) is 5. The fourth-order valence-corrected chi connectivity index (χ4v) is 1.95. The van der Waals surface area contributed by atoms with Crippen molar-refractivity contribution in [1.29, 1.82) is 0 Å². The summed E-state index contributed by atoms with van der Waals surface area (Å²) in [5, 5.41) is 17.0. The van der Waals surface area contributed by atoms with Crippen LogP contribution in [0.3, 0.4) is 0 Å². The fourth-order valence-electron chi connectivity index (χ4n) is 1.76. The lowest BCUT2D eigenvalue weighted by Gasteiger charge is -2.05. The second kappa shape index (κ2) is 8.05. The first-order valence-electron chi connectivity index (χ1n) is 6.77. The SMILES string of the molecule is COc1ccc(O)c(C=NNC(=O)CNc2cccc(Cl)c2)c1. The number of carbonyl (C=O) groups is 1. The number of anilines is 1. The normalized spacial score (nSPS) is 10.5. The Morgan fingerprint density at radius 2 is 2.17 bits per heavy atom. The Kier molecular flexibility index (Phi) is 5.82. The monoisotopic (exact) mass is 333 g/mol. The highest BCUT2D eigenvalue weighted by Crippen LogP contribution is 2.20. The summed E-state index contributed by atoms with van der Waals surface area (Å²) < 4.78 is 5.05. The van der Waals surface area contributed by atoms with Crippen LogP contribution in [-0.2, 0) is 4.79 Å². The summed E-state index contributed by atoms with van der Waals surface area (Å²) in [5.41, 5.74) is 3.54. The number of phenols is 1. The van der Waals surface area contributed by atoms with Gasteiger partial charge in [-0.05, 0) is 36.4 Å². The predicted octanol–water partition coefficient (Wildman–Crippen LogP) is 2.62. The summed E-state index contributed by atoms with van der Waals surface area (Å²) in [5.74, 6) is 0.294. The summed E-state index contributed by atoms with van der Waals surface area (Å²) in [7, 11) is 1.52. The molecule has 0 saturated heterocycles. The average Bonchev–Trinajstić information content (AvgIpc) is 2.55. The van der Waals surface area contributed by atoms with Crippen LogP contribution in [0.2, 0.25) is 5.02 Å². The van der Waals surface area contributed by atoms with Crippen LogP contribution in [0.15, 0.2) is 47.6 Å². The predicted molar refractivity (Wildman–Crippen MR) is 90.3 cm³/mol. The number of hydrogen-bond donors (Lipinski definition) is 3. The molecule has 7 heteroatoms. The molecule has 0 heterocycles.